The fourth-order valence-electron chi connectivity index (χ4n) is 4.06. The van der Waals surface area contributed by atoms with E-state index >= 15 is 0 Å². The van der Waals surface area contributed by atoms with Crippen LogP contribution in [0.2, 0.25) is 0 Å². The number of guanidine groups is 1. The number of aliphatic imine (C=N–C) groups is 1. The van der Waals surface area contributed by atoms with Crippen LogP contribution < -0.4 is 10.6 Å². The lowest BCUT2D eigenvalue weighted by atomic mass is 9.98. The Morgan fingerprint density at radius 1 is 1.10 bits per heavy atom. The largest absolute Gasteiger partial charge is 0.354 e. The van der Waals surface area contributed by atoms with Crippen LogP contribution in [-0.4, -0.2) is 42.9 Å². The summed E-state index contributed by atoms with van der Waals surface area (Å²) in [7, 11) is 1.81. The summed E-state index contributed by atoms with van der Waals surface area (Å²) in [6.45, 7) is 6.59. The van der Waals surface area contributed by atoms with E-state index in [4.69, 9.17) is 0 Å². The SMILES string of the molecule is CCC(CC)C(=O)N1CCC(NC(=NC)NCc2ccc3ccccc3c2)CC1. The lowest BCUT2D eigenvalue weighted by Crippen LogP contribution is -2.50. The number of fused-ring (bicyclic) bond motifs is 1. The molecular formula is C24H34N4O. The highest BCUT2D eigenvalue weighted by Gasteiger charge is 2.26. The van der Waals surface area contributed by atoms with Gasteiger partial charge in [0.25, 0.3) is 0 Å². The third kappa shape index (κ3) is 5.49. The molecule has 2 aromatic rings. The molecule has 0 bridgehead atoms. The Morgan fingerprint density at radius 2 is 1.79 bits per heavy atom. The third-order valence-electron chi connectivity index (χ3n) is 5.98. The molecule has 0 aromatic heterocycles. The number of nitrogens with zero attached hydrogens (tertiary/aromatic N) is 2. The molecule has 1 saturated heterocycles. The molecule has 156 valence electrons. The van der Waals surface area contributed by atoms with Crippen molar-refractivity contribution in [2.75, 3.05) is 20.1 Å². The van der Waals surface area contributed by atoms with Crippen molar-refractivity contribution in [3.63, 3.8) is 0 Å². The Labute approximate surface area is 174 Å². The van der Waals surface area contributed by atoms with Crippen molar-refractivity contribution in [3.8, 4) is 0 Å². The van der Waals surface area contributed by atoms with Gasteiger partial charge in [-0.25, -0.2) is 0 Å². The molecule has 0 radical (unpaired) electrons. The van der Waals surface area contributed by atoms with Gasteiger partial charge in [-0.15, -0.1) is 0 Å². The Morgan fingerprint density at radius 3 is 2.45 bits per heavy atom. The summed E-state index contributed by atoms with van der Waals surface area (Å²) >= 11 is 0. The minimum Gasteiger partial charge on any atom is -0.354 e. The molecule has 1 amide bonds. The van der Waals surface area contributed by atoms with Crippen molar-refractivity contribution >= 4 is 22.6 Å². The zero-order chi connectivity index (χ0) is 20.6. The zero-order valence-corrected chi connectivity index (χ0v) is 17.9. The van der Waals surface area contributed by atoms with Crippen LogP contribution in [0.1, 0.15) is 45.1 Å². The number of rotatable bonds is 6. The Hall–Kier alpha value is -2.56. The molecule has 1 fully saturated rings. The molecule has 0 atom stereocenters. The summed E-state index contributed by atoms with van der Waals surface area (Å²) in [4.78, 5) is 19.0. The maximum atomic E-state index is 12.6. The normalized spacial score (nSPS) is 15.7. The van der Waals surface area contributed by atoms with Gasteiger partial charge in [0.1, 0.15) is 0 Å². The van der Waals surface area contributed by atoms with Gasteiger partial charge in [-0.1, -0.05) is 50.2 Å². The van der Waals surface area contributed by atoms with Gasteiger partial charge in [-0.2, -0.15) is 0 Å². The summed E-state index contributed by atoms with van der Waals surface area (Å²) < 4.78 is 0. The molecule has 0 unspecified atom stereocenters. The van der Waals surface area contributed by atoms with E-state index in [9.17, 15) is 4.79 Å². The van der Waals surface area contributed by atoms with E-state index < -0.39 is 0 Å². The predicted molar refractivity (Wildman–Crippen MR) is 121 cm³/mol. The van der Waals surface area contributed by atoms with Gasteiger partial charge in [0, 0.05) is 38.6 Å². The minimum atomic E-state index is 0.177. The highest BCUT2D eigenvalue weighted by molar-refractivity contribution is 5.83. The number of hydrogen-bond donors (Lipinski definition) is 2. The van der Waals surface area contributed by atoms with Gasteiger partial charge in [-0.3, -0.25) is 9.79 Å². The van der Waals surface area contributed by atoms with Crippen molar-refractivity contribution in [2.45, 2.75) is 52.1 Å². The van der Waals surface area contributed by atoms with Crippen molar-refractivity contribution in [1.29, 1.82) is 0 Å². The molecular weight excluding hydrogens is 360 g/mol. The number of piperidine rings is 1. The number of likely N-dealkylation sites (tertiary alicyclic amines) is 1. The van der Waals surface area contributed by atoms with Crippen LogP contribution in [0, 0.1) is 5.92 Å². The number of carbonyl (C=O) groups excluding carboxylic acids is 1. The molecule has 0 spiro atoms. The highest BCUT2D eigenvalue weighted by Crippen LogP contribution is 2.18. The number of amides is 1. The maximum absolute atomic E-state index is 12.6. The molecule has 0 saturated carbocycles. The topological polar surface area (TPSA) is 56.7 Å². The van der Waals surface area contributed by atoms with Crippen LogP contribution in [0.4, 0.5) is 0 Å². The first-order valence-electron chi connectivity index (χ1n) is 10.9. The van der Waals surface area contributed by atoms with Gasteiger partial charge in [-0.05, 0) is 48.1 Å². The molecule has 2 N–H and O–H groups in total. The van der Waals surface area contributed by atoms with E-state index in [1.807, 2.05) is 11.9 Å². The summed E-state index contributed by atoms with van der Waals surface area (Å²) in [6.07, 6.45) is 3.78. The van der Waals surface area contributed by atoms with Crippen molar-refractivity contribution < 1.29 is 4.79 Å². The molecule has 1 aliphatic rings. The van der Waals surface area contributed by atoms with Gasteiger partial charge < -0.3 is 15.5 Å². The van der Waals surface area contributed by atoms with Crippen molar-refractivity contribution in [3.05, 3.63) is 48.0 Å². The van der Waals surface area contributed by atoms with E-state index in [2.05, 4.69) is 71.9 Å². The van der Waals surface area contributed by atoms with Crippen LogP contribution in [0.3, 0.4) is 0 Å². The second kappa shape index (κ2) is 10.3. The van der Waals surface area contributed by atoms with Crippen molar-refractivity contribution in [2.24, 2.45) is 10.9 Å². The molecule has 2 aromatic carbocycles. The molecule has 29 heavy (non-hydrogen) atoms. The molecule has 1 heterocycles. The summed E-state index contributed by atoms with van der Waals surface area (Å²) in [5.41, 5.74) is 1.23. The first-order valence-corrected chi connectivity index (χ1v) is 10.9. The first-order chi connectivity index (χ1) is 14.1. The van der Waals surface area contributed by atoms with Gasteiger partial charge in [0.05, 0.1) is 0 Å². The molecule has 1 aliphatic heterocycles. The Bertz CT molecular complexity index is 836. The predicted octanol–water partition coefficient (Wildman–Crippen LogP) is 3.93. The average Bonchev–Trinajstić information content (AvgIpc) is 2.77. The fourth-order valence-corrected chi connectivity index (χ4v) is 4.06. The highest BCUT2D eigenvalue weighted by atomic mass is 16.2. The van der Waals surface area contributed by atoms with E-state index in [1.54, 1.807) is 0 Å². The summed E-state index contributed by atoms with van der Waals surface area (Å²) in [6, 6.07) is 15.3. The standard InChI is InChI=1S/C24H34N4O/c1-4-19(5-2)23(29)28-14-12-22(13-15-28)27-24(25-3)26-17-18-10-11-20-8-6-7-9-21(20)16-18/h6-11,16,19,22H,4-5,12-15,17H2,1-3H3,(H2,25,26,27). The number of carbonyl (C=O) groups is 1. The lowest BCUT2D eigenvalue weighted by Gasteiger charge is -2.34. The number of hydrogen-bond acceptors (Lipinski definition) is 2. The second-order valence-corrected chi connectivity index (χ2v) is 7.86. The zero-order valence-electron chi connectivity index (χ0n) is 17.9. The van der Waals surface area contributed by atoms with Crippen molar-refractivity contribution in [1.82, 2.24) is 15.5 Å². The molecule has 5 nitrogen and oxygen atoms in total. The second-order valence-electron chi connectivity index (χ2n) is 7.86. The van der Waals surface area contributed by atoms with E-state index in [0.29, 0.717) is 11.9 Å². The summed E-state index contributed by atoms with van der Waals surface area (Å²) in [5, 5.41) is 9.47. The summed E-state index contributed by atoms with van der Waals surface area (Å²) in [5.74, 6) is 1.33. The van der Waals surface area contributed by atoms with Gasteiger partial charge in [0.15, 0.2) is 5.96 Å². The van der Waals surface area contributed by atoms with E-state index in [-0.39, 0.29) is 5.92 Å². The average molecular weight is 395 g/mol. The maximum Gasteiger partial charge on any atom is 0.225 e. The number of benzene rings is 2. The molecule has 5 heteroatoms. The monoisotopic (exact) mass is 394 g/mol. The fraction of sp³-hybridized carbons (Fsp3) is 0.500. The van der Waals surface area contributed by atoms with Gasteiger partial charge >= 0.3 is 0 Å². The molecule has 0 aliphatic carbocycles. The van der Waals surface area contributed by atoms with E-state index in [1.165, 1.54) is 16.3 Å². The van der Waals surface area contributed by atoms with E-state index in [0.717, 1.165) is 51.3 Å². The number of nitrogens with one attached hydrogen (secondary N) is 2. The minimum absolute atomic E-state index is 0.177. The molecule has 3 rings (SSSR count). The quantitative estimate of drug-likeness (QED) is 0.576. The van der Waals surface area contributed by atoms with Crippen LogP contribution in [0.25, 0.3) is 10.8 Å². The van der Waals surface area contributed by atoms with Gasteiger partial charge in [0.2, 0.25) is 5.91 Å². The third-order valence-corrected chi connectivity index (χ3v) is 5.98. The van der Waals surface area contributed by atoms with Crippen LogP contribution >= 0.6 is 0 Å². The smallest absolute Gasteiger partial charge is 0.225 e. The first kappa shape index (κ1) is 21.2. The van der Waals surface area contributed by atoms with Crippen LogP contribution in [0.5, 0.6) is 0 Å². The Balaban J connectivity index is 1.48. The van der Waals surface area contributed by atoms with Crippen LogP contribution in [-0.2, 0) is 11.3 Å². The lowest BCUT2D eigenvalue weighted by molar-refractivity contribution is -0.136. The van der Waals surface area contributed by atoms with Crippen LogP contribution in [0.15, 0.2) is 47.5 Å². The Kier molecular flexibility index (Phi) is 7.50.